The van der Waals surface area contributed by atoms with Crippen molar-refractivity contribution in [3.05, 3.63) is 22.8 Å². The Morgan fingerprint density at radius 1 is 1.07 bits per heavy atom. The lowest BCUT2D eigenvalue weighted by Crippen LogP contribution is -2.64. The minimum Gasteiger partial charge on any atom is -0.459 e. The van der Waals surface area contributed by atoms with Crippen molar-refractivity contribution in [3.63, 3.8) is 0 Å². The van der Waals surface area contributed by atoms with Crippen LogP contribution in [0.15, 0.2) is 22.8 Å². The quantitative estimate of drug-likeness (QED) is 0.194. The molecule has 0 amide bonds. The maximum Gasteiger partial charge on any atom is 0.341 e. The average molecular weight is 581 g/mol. The van der Waals surface area contributed by atoms with Gasteiger partial charge in [0.2, 0.25) is 0 Å². The monoisotopic (exact) mass is 580 g/mol. The molecule has 0 aromatic rings. The van der Waals surface area contributed by atoms with Crippen LogP contribution >= 0.6 is 0 Å². The van der Waals surface area contributed by atoms with Crippen molar-refractivity contribution in [2.75, 3.05) is 0 Å². The van der Waals surface area contributed by atoms with E-state index in [-0.39, 0.29) is 16.7 Å². The van der Waals surface area contributed by atoms with Gasteiger partial charge in [0.05, 0.1) is 11.8 Å². The number of aliphatic hydroxyl groups is 2. The summed E-state index contributed by atoms with van der Waals surface area (Å²) in [5, 5.41) is 23.7. The first-order chi connectivity index (χ1) is 18.9. The number of ether oxygens (including phenoxy) is 5. The van der Waals surface area contributed by atoms with Crippen LogP contribution in [-0.4, -0.2) is 81.3 Å². The summed E-state index contributed by atoms with van der Waals surface area (Å²) in [7, 11) is 0. The minimum absolute atomic E-state index is 0.117. The molecule has 1 heterocycles. The lowest BCUT2D eigenvalue weighted by Gasteiger charge is -2.42. The third-order valence-electron chi connectivity index (χ3n) is 8.61. The summed E-state index contributed by atoms with van der Waals surface area (Å²) in [5.41, 5.74) is -6.19. The Hall–Kier alpha value is -3.25. The van der Waals surface area contributed by atoms with Crippen molar-refractivity contribution < 1.29 is 57.9 Å². The molecular formula is C29H40O12. The molecule has 0 spiro atoms. The molecule has 41 heavy (non-hydrogen) atoms. The molecule has 12 nitrogen and oxygen atoms in total. The van der Waals surface area contributed by atoms with Gasteiger partial charge in [-0.2, -0.15) is 0 Å². The largest absolute Gasteiger partial charge is 0.459 e. The van der Waals surface area contributed by atoms with Gasteiger partial charge in [0.1, 0.15) is 11.7 Å². The van der Waals surface area contributed by atoms with E-state index in [4.69, 9.17) is 23.7 Å². The second-order valence-corrected chi connectivity index (χ2v) is 11.5. The maximum absolute atomic E-state index is 13.0. The summed E-state index contributed by atoms with van der Waals surface area (Å²) in [5.74, 6) is -5.85. The van der Waals surface area contributed by atoms with Gasteiger partial charge in [-0.25, -0.2) is 9.59 Å². The van der Waals surface area contributed by atoms with Crippen molar-refractivity contribution in [2.45, 2.75) is 116 Å². The Kier molecular flexibility index (Phi) is 8.82. The van der Waals surface area contributed by atoms with Crippen LogP contribution in [0.1, 0.15) is 75.2 Å². The second kappa shape index (κ2) is 11.2. The number of allylic oxidation sites excluding steroid dienone is 1. The molecular weight excluding hydrogens is 540 g/mol. The highest BCUT2D eigenvalue weighted by atomic mass is 16.6. The maximum atomic E-state index is 13.0. The Morgan fingerprint density at radius 2 is 1.68 bits per heavy atom. The van der Waals surface area contributed by atoms with Crippen LogP contribution in [0.2, 0.25) is 0 Å². The highest BCUT2D eigenvalue weighted by molar-refractivity contribution is 5.88. The molecule has 1 saturated heterocycles. The standard InChI is InChI=1S/C29H40O12/c1-10-13(3)24(32)38-18-12-27(8,41-17(7)31)20-19(23-29(18,36)28(9,35)26(34)40-23)15(5)21(22(20)37-16(6)30)39-25(33)14(4)11-2/h11,13,18,20-23,35-36H,10,12H2,1-9H3/b14-11-/t13-,18-,20+,21-,22-,23-,27-,28+,29+/m0/s1. The van der Waals surface area contributed by atoms with Crippen LogP contribution in [0.5, 0.6) is 0 Å². The molecule has 3 aliphatic rings. The molecule has 3 rings (SSSR count). The molecule has 1 aliphatic heterocycles. The Bertz CT molecular complexity index is 1200. The van der Waals surface area contributed by atoms with E-state index in [1.807, 2.05) is 0 Å². The van der Waals surface area contributed by atoms with Crippen LogP contribution < -0.4 is 0 Å². The fourth-order valence-electron chi connectivity index (χ4n) is 6.01. The molecule has 2 N–H and O–H groups in total. The van der Waals surface area contributed by atoms with Crippen molar-refractivity contribution in [2.24, 2.45) is 11.8 Å². The van der Waals surface area contributed by atoms with Gasteiger partial charge < -0.3 is 33.9 Å². The molecule has 12 heteroatoms. The smallest absolute Gasteiger partial charge is 0.341 e. The molecule has 0 bridgehead atoms. The normalized spacial score (nSPS) is 37.3. The summed E-state index contributed by atoms with van der Waals surface area (Å²) in [6.07, 6.45) is -4.28. The van der Waals surface area contributed by atoms with Gasteiger partial charge in [-0.15, -0.1) is 0 Å². The van der Waals surface area contributed by atoms with E-state index in [0.29, 0.717) is 6.42 Å². The fraction of sp³-hybridized carbons (Fsp3) is 0.690. The van der Waals surface area contributed by atoms with Gasteiger partial charge in [0.15, 0.2) is 29.5 Å². The van der Waals surface area contributed by atoms with Gasteiger partial charge in [-0.3, -0.25) is 14.4 Å². The topological polar surface area (TPSA) is 172 Å². The summed E-state index contributed by atoms with van der Waals surface area (Å²) in [4.78, 5) is 63.7. The average Bonchev–Trinajstić information content (AvgIpc) is 3.20. The number of hydrogen-bond donors (Lipinski definition) is 2. The first kappa shape index (κ1) is 32.3. The zero-order valence-corrected chi connectivity index (χ0v) is 24.9. The Morgan fingerprint density at radius 3 is 2.20 bits per heavy atom. The molecule has 0 aromatic heterocycles. The Balaban J connectivity index is 2.34. The van der Waals surface area contributed by atoms with Crippen LogP contribution in [0.25, 0.3) is 0 Å². The van der Waals surface area contributed by atoms with E-state index < -0.39 is 89.3 Å². The number of carbonyl (C=O) groups is 5. The fourth-order valence-corrected chi connectivity index (χ4v) is 6.01. The van der Waals surface area contributed by atoms with Gasteiger partial charge in [-0.1, -0.05) is 19.9 Å². The number of fused-ring (bicyclic) bond motifs is 3. The van der Waals surface area contributed by atoms with Gasteiger partial charge in [0.25, 0.3) is 0 Å². The number of rotatable bonds is 7. The summed E-state index contributed by atoms with van der Waals surface area (Å²) >= 11 is 0. The molecule has 9 atom stereocenters. The van der Waals surface area contributed by atoms with Crippen LogP contribution in [0, 0.1) is 11.8 Å². The number of carbonyl (C=O) groups excluding carboxylic acids is 5. The highest BCUT2D eigenvalue weighted by Crippen LogP contribution is 2.57. The molecule has 228 valence electrons. The lowest BCUT2D eigenvalue weighted by molar-refractivity contribution is -0.213. The van der Waals surface area contributed by atoms with E-state index in [0.717, 1.165) is 20.8 Å². The summed E-state index contributed by atoms with van der Waals surface area (Å²) < 4.78 is 28.6. The van der Waals surface area contributed by atoms with Gasteiger partial charge >= 0.3 is 29.8 Å². The SMILES string of the molecule is C/C=C(/C)C(=O)O[C@H]1C(C)=C2[C@H]([C@@H]1OC(C)=O)[C@@](C)(OC(C)=O)C[C@H](OC(=O)[C@@H](C)CC)[C@@]1(O)[C@H]2OC(=O)[C@@]1(C)O. The van der Waals surface area contributed by atoms with Gasteiger partial charge in [-0.05, 0) is 52.2 Å². The predicted octanol–water partition coefficient (Wildman–Crippen LogP) is 1.83. The summed E-state index contributed by atoms with van der Waals surface area (Å²) in [6.45, 7) is 12.9. The highest BCUT2D eigenvalue weighted by Gasteiger charge is 2.76. The van der Waals surface area contributed by atoms with E-state index >= 15 is 0 Å². The van der Waals surface area contributed by atoms with E-state index in [1.54, 1.807) is 20.8 Å². The predicted molar refractivity (Wildman–Crippen MR) is 141 cm³/mol. The van der Waals surface area contributed by atoms with Crippen molar-refractivity contribution in [1.29, 1.82) is 0 Å². The van der Waals surface area contributed by atoms with Crippen molar-refractivity contribution in [1.82, 2.24) is 0 Å². The van der Waals surface area contributed by atoms with Gasteiger partial charge in [0, 0.05) is 25.8 Å². The Labute approximate surface area is 239 Å². The second-order valence-electron chi connectivity index (χ2n) is 11.5. The van der Waals surface area contributed by atoms with Crippen LogP contribution in [0.4, 0.5) is 0 Å². The lowest BCUT2D eigenvalue weighted by atomic mass is 9.75. The van der Waals surface area contributed by atoms with E-state index in [2.05, 4.69) is 0 Å². The molecule has 2 fully saturated rings. The molecule has 2 aliphatic carbocycles. The number of hydrogen-bond acceptors (Lipinski definition) is 12. The van der Waals surface area contributed by atoms with Crippen molar-refractivity contribution in [3.8, 4) is 0 Å². The zero-order valence-electron chi connectivity index (χ0n) is 24.9. The summed E-state index contributed by atoms with van der Waals surface area (Å²) in [6, 6.07) is 0. The third-order valence-corrected chi connectivity index (χ3v) is 8.61. The third kappa shape index (κ3) is 5.27. The minimum atomic E-state index is -2.58. The molecule has 1 saturated carbocycles. The first-order valence-corrected chi connectivity index (χ1v) is 13.6. The van der Waals surface area contributed by atoms with Crippen molar-refractivity contribution >= 4 is 29.8 Å². The number of esters is 5. The first-order valence-electron chi connectivity index (χ1n) is 13.6. The molecule has 0 aromatic carbocycles. The van der Waals surface area contributed by atoms with Crippen LogP contribution in [-0.2, 0) is 47.7 Å². The molecule has 0 unspecified atom stereocenters. The zero-order chi connectivity index (χ0) is 31.2. The molecule has 0 radical (unpaired) electrons. The van der Waals surface area contributed by atoms with E-state index in [9.17, 15) is 34.2 Å². The van der Waals surface area contributed by atoms with E-state index in [1.165, 1.54) is 26.8 Å². The van der Waals surface area contributed by atoms with Crippen LogP contribution in [0.3, 0.4) is 0 Å².